The molecule has 0 rings (SSSR count). The van der Waals surface area contributed by atoms with Crippen molar-refractivity contribution in [2.24, 2.45) is 0 Å². The minimum atomic E-state index is -5.67. The number of hydrogen-bond donors (Lipinski definition) is 5. The van der Waals surface area contributed by atoms with Gasteiger partial charge in [0.05, 0.1) is 0 Å². The fourth-order valence-corrected chi connectivity index (χ4v) is 0. The van der Waals surface area contributed by atoms with Crippen molar-refractivity contribution >= 4 is 7.82 Å². The molecular formula is H5O8PW. The fourth-order valence-electron chi connectivity index (χ4n) is 0. The van der Waals surface area contributed by atoms with Crippen LogP contribution in [0.25, 0.3) is 0 Å². The molecule has 0 amide bonds. The normalized spacial score (nSPS) is 11.7. The Labute approximate surface area is 58.7 Å². The van der Waals surface area contributed by atoms with Crippen molar-refractivity contribution in [3.05, 3.63) is 0 Å². The van der Waals surface area contributed by atoms with Crippen LogP contribution in [0, 0.1) is 0 Å². The van der Waals surface area contributed by atoms with E-state index in [2.05, 4.69) is 0 Å². The predicted molar refractivity (Wildman–Crippen MR) is 20.1 cm³/mol. The number of rotatable bonds is 0. The molecule has 0 heterocycles. The van der Waals surface area contributed by atoms with Crippen LogP contribution in [0.1, 0.15) is 0 Å². The van der Waals surface area contributed by atoms with Crippen LogP contribution in [0.15, 0.2) is 0 Å². The Hall–Kier alpha value is 0.318. The first-order valence-corrected chi connectivity index (χ1v) is 8.07. The molecule has 0 bridgehead atoms. The van der Waals surface area contributed by atoms with E-state index in [0.29, 0.717) is 0 Å². The van der Waals surface area contributed by atoms with Gasteiger partial charge < -0.3 is 14.7 Å². The van der Waals surface area contributed by atoms with Crippen LogP contribution >= 0.6 is 7.82 Å². The molecule has 0 aromatic rings. The van der Waals surface area contributed by atoms with Crippen LogP contribution in [-0.4, -0.2) is 22.2 Å². The molecule has 0 saturated carbocycles. The molecule has 8 nitrogen and oxygen atoms in total. The summed E-state index contributed by atoms with van der Waals surface area (Å²) in [5.41, 5.74) is 0. The van der Waals surface area contributed by atoms with Crippen molar-refractivity contribution in [1.29, 1.82) is 0 Å². The van der Waals surface area contributed by atoms with E-state index in [1.807, 2.05) is 0 Å². The minimum absolute atomic E-state index is 4.64. The summed E-state index contributed by atoms with van der Waals surface area (Å²) in [6.07, 6.45) is 0. The first-order valence-electron chi connectivity index (χ1n) is 1.48. The summed E-state index contributed by atoms with van der Waals surface area (Å²) in [7, 11) is -4.64. The van der Waals surface area contributed by atoms with E-state index in [0.717, 1.165) is 0 Å². The molecule has 0 aliphatic rings. The van der Waals surface area contributed by atoms with E-state index in [1.165, 1.54) is 0 Å². The van der Waals surface area contributed by atoms with Crippen LogP contribution in [0.2, 0.25) is 0 Å². The van der Waals surface area contributed by atoms with Crippen molar-refractivity contribution in [2.75, 3.05) is 0 Å². The Bertz CT molecular complexity index is 187. The molecule has 0 aliphatic carbocycles. The summed E-state index contributed by atoms with van der Waals surface area (Å²) in [6.45, 7) is 0. The zero-order valence-electron chi connectivity index (χ0n) is 4.32. The van der Waals surface area contributed by atoms with E-state index in [4.69, 9.17) is 33.6 Å². The summed E-state index contributed by atoms with van der Waals surface area (Å²) >= 11 is -5.67. The Morgan fingerprint density at radius 2 is 1.00 bits per heavy atom. The third-order valence-corrected chi connectivity index (χ3v) is 0. The Morgan fingerprint density at radius 1 is 1.00 bits per heavy atom. The molecule has 0 radical (unpaired) electrons. The molecular weight excluding hydrogens is 343 g/mol. The zero-order valence-corrected chi connectivity index (χ0v) is 8.14. The second-order valence-corrected chi connectivity index (χ2v) is 5.21. The van der Waals surface area contributed by atoms with Crippen LogP contribution in [0.4, 0.5) is 0 Å². The van der Waals surface area contributed by atoms with Crippen molar-refractivity contribution in [3.8, 4) is 0 Å². The molecule has 0 aromatic carbocycles. The Balaban J connectivity index is 0. The van der Waals surface area contributed by atoms with Gasteiger partial charge in [0.1, 0.15) is 0 Å². The summed E-state index contributed by atoms with van der Waals surface area (Å²) < 4.78 is 41.0. The monoisotopic (exact) mass is 348 g/mol. The molecule has 0 aliphatic heterocycles. The third kappa shape index (κ3) is 4400. The van der Waals surface area contributed by atoms with Gasteiger partial charge in [0.15, 0.2) is 0 Å². The SMILES string of the molecule is O=P(O)(O)O.[O]=[W](=[O])([OH])[OH]. The molecule has 0 spiro atoms. The topological polar surface area (TPSA) is 152 Å². The molecule has 0 saturated heterocycles. The second-order valence-electron chi connectivity index (χ2n) is 0.961. The summed E-state index contributed by atoms with van der Waals surface area (Å²) in [6, 6.07) is 0. The molecule has 5 N–H and O–H groups in total. The quantitative estimate of drug-likeness (QED) is 0.307. The van der Waals surface area contributed by atoms with Gasteiger partial charge in [0, 0.05) is 0 Å². The number of hydrogen-bond acceptors (Lipinski definition) is 3. The van der Waals surface area contributed by atoms with E-state index < -0.39 is 24.6 Å². The van der Waals surface area contributed by atoms with E-state index >= 15 is 0 Å². The molecule has 10 heavy (non-hydrogen) atoms. The van der Waals surface area contributed by atoms with Gasteiger partial charge in [-0.2, -0.15) is 0 Å². The maximum atomic E-state index is 8.88. The summed E-state index contributed by atoms with van der Waals surface area (Å²) in [5.74, 6) is 0. The van der Waals surface area contributed by atoms with Gasteiger partial charge in [-0.3, -0.25) is 0 Å². The van der Waals surface area contributed by atoms with E-state index in [1.54, 1.807) is 0 Å². The zero-order chi connectivity index (χ0) is 9.00. The Kier molecular flexibility index (Phi) is 5.50. The molecule has 64 valence electrons. The van der Waals surface area contributed by atoms with Gasteiger partial charge in [-0.1, -0.05) is 0 Å². The summed E-state index contributed by atoms with van der Waals surface area (Å²) in [4.78, 5) is 21.6. The first kappa shape index (κ1) is 12.9. The first-order chi connectivity index (χ1) is 4.00. The summed E-state index contributed by atoms with van der Waals surface area (Å²) in [5, 5.41) is 0. The van der Waals surface area contributed by atoms with Crippen molar-refractivity contribution in [1.82, 2.24) is 0 Å². The van der Waals surface area contributed by atoms with Crippen molar-refractivity contribution in [3.63, 3.8) is 0 Å². The van der Waals surface area contributed by atoms with Crippen molar-refractivity contribution < 1.29 is 50.3 Å². The van der Waals surface area contributed by atoms with Crippen LogP contribution in [0.3, 0.4) is 0 Å². The number of phosphoric acid groups is 1. The fraction of sp³-hybridized carbons (Fsp3) is 0. The van der Waals surface area contributed by atoms with Crippen molar-refractivity contribution in [2.45, 2.75) is 0 Å². The van der Waals surface area contributed by atoms with Gasteiger partial charge >= 0.3 is 38.9 Å². The standard InChI is InChI=1S/H3O4P.2H2O.2O.W/c1-5(2,3)4;;;;;/h(H3,1,2,3,4);2*1H2;;;/q;;;;;+2/p-2. The Morgan fingerprint density at radius 3 is 1.00 bits per heavy atom. The van der Waals surface area contributed by atoms with Gasteiger partial charge in [0.25, 0.3) is 0 Å². The van der Waals surface area contributed by atoms with E-state index in [-0.39, 0.29) is 0 Å². The second kappa shape index (κ2) is 4.25. The van der Waals surface area contributed by atoms with Gasteiger partial charge in [-0.15, -0.1) is 0 Å². The maximum absolute atomic E-state index is 8.88. The molecule has 0 fully saturated rings. The average Bonchev–Trinajstić information content (AvgIpc) is 1.12. The predicted octanol–water partition coefficient (Wildman–Crippen LogP) is -2.28. The molecule has 0 unspecified atom stereocenters. The van der Waals surface area contributed by atoms with Crippen LogP contribution in [-0.2, 0) is 28.1 Å². The molecule has 10 heteroatoms. The van der Waals surface area contributed by atoms with Gasteiger partial charge in [0.2, 0.25) is 0 Å². The van der Waals surface area contributed by atoms with Crippen LogP contribution in [0.5, 0.6) is 0 Å². The van der Waals surface area contributed by atoms with Gasteiger partial charge in [-0.05, 0) is 0 Å². The van der Waals surface area contributed by atoms with Crippen LogP contribution < -0.4 is 0 Å². The third-order valence-electron chi connectivity index (χ3n) is 0. The molecule has 0 aromatic heterocycles. The average molecular weight is 348 g/mol. The van der Waals surface area contributed by atoms with E-state index in [9.17, 15) is 0 Å². The molecule has 0 atom stereocenters. The van der Waals surface area contributed by atoms with Gasteiger partial charge in [-0.25, -0.2) is 4.57 Å².